The second-order valence-electron chi connectivity index (χ2n) is 12.2. The van der Waals surface area contributed by atoms with Crippen LogP contribution >= 0.6 is 0 Å². The number of nitrogens with one attached hydrogen (secondary N) is 2. The summed E-state index contributed by atoms with van der Waals surface area (Å²) in [5.74, 6) is -0.184. The van der Waals surface area contributed by atoms with Crippen molar-refractivity contribution in [2.45, 2.75) is 32.0 Å². The molecule has 228 valence electrons. The number of halogens is 1. The molecule has 2 amide bonds. The molecule has 45 heavy (non-hydrogen) atoms. The molecule has 4 aromatic rings. The molecule has 1 aromatic heterocycles. The topological polar surface area (TPSA) is 123 Å². The van der Waals surface area contributed by atoms with Gasteiger partial charge in [0.05, 0.1) is 34.6 Å². The van der Waals surface area contributed by atoms with Crippen LogP contribution < -0.4 is 21.1 Å². The molecule has 7 rings (SSSR count). The first kappa shape index (κ1) is 28.7. The van der Waals surface area contributed by atoms with Crippen LogP contribution in [0.1, 0.15) is 35.6 Å². The number of amides is 2. The van der Waals surface area contributed by atoms with E-state index in [-0.39, 0.29) is 30.1 Å². The molecule has 0 aliphatic carbocycles. The summed E-state index contributed by atoms with van der Waals surface area (Å²) in [5.41, 5.74) is 4.04. The summed E-state index contributed by atoms with van der Waals surface area (Å²) in [5, 5.41) is 15.1. The zero-order valence-corrected chi connectivity index (χ0v) is 24.6. The van der Waals surface area contributed by atoms with Crippen LogP contribution in [-0.2, 0) is 22.7 Å². The molecular formula is C34H32FN7O3. The number of rotatable bonds is 7. The van der Waals surface area contributed by atoms with Gasteiger partial charge in [0.1, 0.15) is 11.9 Å². The van der Waals surface area contributed by atoms with Gasteiger partial charge >= 0.3 is 0 Å². The van der Waals surface area contributed by atoms with Crippen molar-refractivity contribution in [2.75, 3.05) is 36.4 Å². The van der Waals surface area contributed by atoms with Crippen molar-refractivity contribution in [3.05, 3.63) is 99.9 Å². The summed E-state index contributed by atoms with van der Waals surface area (Å²) in [7, 11) is 0. The SMILES string of the molecule is N#Cc1ccc(N2CC3CN(Cc4ccc(CNc5cccc6ncn(C7CCC(=O)NC7=O)c(=O)c56)cc4)CC3C2)c(F)c1. The third kappa shape index (κ3) is 5.65. The van der Waals surface area contributed by atoms with E-state index in [0.29, 0.717) is 46.2 Å². The number of aromatic nitrogens is 2. The fourth-order valence-electron chi connectivity index (χ4n) is 6.96. The standard InChI is InChI=1S/C34H32FN7O3/c35-26-12-23(13-36)8-9-29(26)41-18-24-16-40(17-25(24)19-41)15-22-6-4-21(5-7-22)14-37-27-2-1-3-28-32(27)34(45)42(20-38-28)30-10-11-31(43)39-33(30)44/h1-9,12,20,24-25,30,37H,10-11,14-19H2,(H,39,43,44). The van der Waals surface area contributed by atoms with Crippen LogP contribution in [0.5, 0.6) is 0 Å². The maximum Gasteiger partial charge on any atom is 0.264 e. The lowest BCUT2D eigenvalue weighted by molar-refractivity contribution is -0.135. The zero-order valence-electron chi connectivity index (χ0n) is 24.6. The largest absolute Gasteiger partial charge is 0.380 e. The number of carbonyl (C=O) groups excluding carboxylic acids is 2. The van der Waals surface area contributed by atoms with E-state index in [1.54, 1.807) is 18.2 Å². The molecule has 3 aliphatic heterocycles. The van der Waals surface area contributed by atoms with Crippen molar-refractivity contribution in [2.24, 2.45) is 11.8 Å². The van der Waals surface area contributed by atoms with Crippen molar-refractivity contribution < 1.29 is 14.0 Å². The van der Waals surface area contributed by atoms with Crippen molar-refractivity contribution in [3.8, 4) is 6.07 Å². The molecule has 11 heteroatoms. The van der Waals surface area contributed by atoms with Gasteiger partial charge in [-0.3, -0.25) is 29.2 Å². The number of benzene rings is 3. The Bertz CT molecular complexity index is 1890. The average Bonchev–Trinajstić information content (AvgIpc) is 3.60. The predicted molar refractivity (Wildman–Crippen MR) is 167 cm³/mol. The van der Waals surface area contributed by atoms with Crippen molar-refractivity contribution >= 4 is 34.1 Å². The van der Waals surface area contributed by atoms with Crippen molar-refractivity contribution in [1.29, 1.82) is 5.26 Å². The lowest BCUT2D eigenvalue weighted by Gasteiger charge is -2.23. The van der Waals surface area contributed by atoms with Crippen molar-refractivity contribution in [3.63, 3.8) is 0 Å². The van der Waals surface area contributed by atoms with Crippen LogP contribution in [-0.4, -0.2) is 52.4 Å². The van der Waals surface area contributed by atoms with Gasteiger partial charge in [-0.2, -0.15) is 5.26 Å². The summed E-state index contributed by atoms with van der Waals surface area (Å²) in [6.07, 6.45) is 1.82. The summed E-state index contributed by atoms with van der Waals surface area (Å²) in [4.78, 5) is 46.5. The van der Waals surface area contributed by atoms with E-state index in [9.17, 15) is 18.8 Å². The number of piperidine rings is 1. The predicted octanol–water partition coefficient (Wildman–Crippen LogP) is 3.57. The van der Waals surface area contributed by atoms with Gasteiger partial charge in [-0.1, -0.05) is 30.3 Å². The fraction of sp³-hybridized carbons (Fsp3) is 0.324. The number of nitrogens with zero attached hydrogens (tertiary/aromatic N) is 5. The molecule has 2 N–H and O–H groups in total. The highest BCUT2D eigenvalue weighted by Crippen LogP contribution is 2.35. The van der Waals surface area contributed by atoms with E-state index in [1.807, 2.05) is 18.2 Å². The van der Waals surface area contributed by atoms with Crippen LogP contribution in [0.4, 0.5) is 15.8 Å². The number of hydrogen-bond acceptors (Lipinski definition) is 8. The molecule has 3 atom stereocenters. The van der Waals surface area contributed by atoms with Gasteiger partial charge < -0.3 is 10.2 Å². The van der Waals surface area contributed by atoms with Gasteiger partial charge in [-0.05, 0) is 59.7 Å². The Morgan fingerprint density at radius 3 is 2.44 bits per heavy atom. The van der Waals surface area contributed by atoms with Gasteiger partial charge in [-0.25, -0.2) is 9.37 Å². The molecule has 3 saturated heterocycles. The number of nitriles is 1. The lowest BCUT2D eigenvalue weighted by Crippen LogP contribution is -2.44. The van der Waals surface area contributed by atoms with Gasteiger partial charge in [0.25, 0.3) is 5.56 Å². The van der Waals surface area contributed by atoms with Gasteiger partial charge in [0.2, 0.25) is 11.8 Å². The Kier molecular flexibility index (Phi) is 7.51. The molecule has 0 bridgehead atoms. The zero-order chi connectivity index (χ0) is 31.1. The van der Waals surface area contributed by atoms with E-state index in [0.717, 1.165) is 38.3 Å². The van der Waals surface area contributed by atoms with Crippen LogP contribution in [0.2, 0.25) is 0 Å². The Hall–Kier alpha value is -5.08. The summed E-state index contributed by atoms with van der Waals surface area (Å²) < 4.78 is 15.9. The van der Waals surface area contributed by atoms with Crippen LogP contribution in [0.25, 0.3) is 10.9 Å². The Balaban J connectivity index is 0.969. The first-order chi connectivity index (χ1) is 21.9. The third-order valence-electron chi connectivity index (χ3n) is 9.25. The first-order valence-electron chi connectivity index (χ1n) is 15.2. The maximum absolute atomic E-state index is 14.6. The van der Waals surface area contributed by atoms with Crippen LogP contribution in [0.3, 0.4) is 0 Å². The highest BCUT2D eigenvalue weighted by Gasteiger charge is 2.40. The van der Waals surface area contributed by atoms with E-state index in [1.165, 1.54) is 22.5 Å². The second kappa shape index (κ2) is 11.8. The quantitative estimate of drug-likeness (QED) is 0.307. The monoisotopic (exact) mass is 605 g/mol. The number of fused-ring (bicyclic) bond motifs is 2. The minimum atomic E-state index is -0.771. The Morgan fingerprint density at radius 2 is 1.73 bits per heavy atom. The summed E-state index contributed by atoms with van der Waals surface area (Å²) in [6.45, 7) is 4.91. The third-order valence-corrected chi connectivity index (χ3v) is 9.25. The minimum absolute atomic E-state index is 0.176. The molecule has 3 aliphatic rings. The molecular weight excluding hydrogens is 573 g/mol. The molecule has 3 fully saturated rings. The van der Waals surface area contributed by atoms with E-state index in [4.69, 9.17) is 5.26 Å². The molecule has 0 spiro atoms. The number of likely N-dealkylation sites (tertiary alicyclic amines) is 1. The van der Waals surface area contributed by atoms with Crippen LogP contribution in [0.15, 0.2) is 71.8 Å². The van der Waals surface area contributed by atoms with Gasteiger partial charge in [0, 0.05) is 51.4 Å². The number of carbonyl (C=O) groups is 2. The van der Waals surface area contributed by atoms with Crippen LogP contribution in [0, 0.1) is 29.0 Å². The highest BCUT2D eigenvalue weighted by atomic mass is 19.1. The number of hydrogen-bond donors (Lipinski definition) is 2. The molecule has 0 saturated carbocycles. The fourth-order valence-corrected chi connectivity index (χ4v) is 6.96. The van der Waals surface area contributed by atoms with Gasteiger partial charge in [-0.15, -0.1) is 0 Å². The maximum atomic E-state index is 14.6. The molecule has 0 radical (unpaired) electrons. The highest BCUT2D eigenvalue weighted by molar-refractivity contribution is 5.99. The molecule has 4 heterocycles. The lowest BCUT2D eigenvalue weighted by atomic mass is 10.0. The van der Waals surface area contributed by atoms with Gasteiger partial charge in [0.15, 0.2) is 0 Å². The molecule has 10 nitrogen and oxygen atoms in total. The first-order valence-corrected chi connectivity index (χ1v) is 15.2. The smallest absolute Gasteiger partial charge is 0.264 e. The Labute approximate surface area is 259 Å². The van der Waals surface area contributed by atoms with E-state index in [2.05, 4.69) is 49.7 Å². The molecule has 3 unspecified atom stereocenters. The average molecular weight is 606 g/mol. The molecule has 3 aromatic carbocycles. The summed E-state index contributed by atoms with van der Waals surface area (Å²) in [6, 6.07) is 19.8. The second-order valence-corrected chi connectivity index (χ2v) is 12.2. The van der Waals surface area contributed by atoms with E-state index < -0.39 is 11.9 Å². The number of anilines is 2. The van der Waals surface area contributed by atoms with Crippen molar-refractivity contribution in [1.82, 2.24) is 19.8 Å². The Morgan fingerprint density at radius 1 is 0.978 bits per heavy atom. The minimum Gasteiger partial charge on any atom is -0.380 e. The number of imide groups is 1. The normalized spacial score (nSPS) is 21.5. The van der Waals surface area contributed by atoms with E-state index >= 15 is 0 Å². The summed E-state index contributed by atoms with van der Waals surface area (Å²) >= 11 is 0.